The first-order chi connectivity index (χ1) is 16.6. The van der Waals surface area contributed by atoms with Gasteiger partial charge in [-0.15, -0.1) is 0 Å². The first kappa shape index (κ1) is 24.5. The van der Waals surface area contributed by atoms with Crippen LogP contribution in [0.15, 0.2) is 36.4 Å². The Bertz CT molecular complexity index is 1420. The summed E-state index contributed by atoms with van der Waals surface area (Å²) in [4.78, 5) is 31.5. The Kier molecular flexibility index (Phi) is 6.67. The van der Waals surface area contributed by atoms with Gasteiger partial charge in [0.15, 0.2) is 0 Å². The Morgan fingerprint density at radius 1 is 1.03 bits per heavy atom. The standard InChI is InChI=1S/C27H31FN4O3/c1-15-5-7-20(28)24-23(15)19(16(2)31-24)9-10-29-26(35)22-12-18-11-17(6-8-21(18)32-22)25(34)30-13-27(3,4)14-33/h5-8,11-12,31-33H,9-10,13-14H2,1-4H3,(H,29,35)(H,30,34). The van der Waals surface area contributed by atoms with E-state index in [0.717, 1.165) is 33.1 Å². The molecule has 7 nitrogen and oxygen atoms in total. The molecule has 2 amide bonds. The molecule has 0 aliphatic rings. The molecule has 2 heterocycles. The Labute approximate surface area is 203 Å². The number of hydrogen-bond donors (Lipinski definition) is 5. The van der Waals surface area contributed by atoms with E-state index in [-0.39, 0.29) is 24.2 Å². The van der Waals surface area contributed by atoms with Crippen molar-refractivity contribution in [1.29, 1.82) is 0 Å². The van der Waals surface area contributed by atoms with Crippen LogP contribution in [0.4, 0.5) is 4.39 Å². The van der Waals surface area contributed by atoms with Crippen LogP contribution in [-0.2, 0) is 6.42 Å². The minimum absolute atomic E-state index is 0.0288. The highest BCUT2D eigenvalue weighted by Crippen LogP contribution is 2.28. The first-order valence-corrected chi connectivity index (χ1v) is 11.7. The number of fused-ring (bicyclic) bond motifs is 2. The van der Waals surface area contributed by atoms with Crippen LogP contribution in [0, 0.1) is 25.1 Å². The molecule has 0 aliphatic carbocycles. The molecule has 2 aromatic heterocycles. The fourth-order valence-corrected chi connectivity index (χ4v) is 4.23. The predicted molar refractivity (Wildman–Crippen MR) is 135 cm³/mol. The maximum absolute atomic E-state index is 14.2. The molecule has 184 valence electrons. The number of aliphatic hydroxyl groups is 1. The minimum Gasteiger partial charge on any atom is -0.396 e. The second-order valence-corrected chi connectivity index (χ2v) is 9.84. The summed E-state index contributed by atoms with van der Waals surface area (Å²) in [6.45, 7) is 8.31. The SMILES string of the molecule is Cc1[nH]c2c(F)ccc(C)c2c1CCNC(=O)c1cc2cc(C(=O)NCC(C)(C)CO)ccc2[nH]1. The van der Waals surface area contributed by atoms with Crippen molar-refractivity contribution in [2.45, 2.75) is 34.1 Å². The lowest BCUT2D eigenvalue weighted by atomic mass is 9.95. The van der Waals surface area contributed by atoms with Gasteiger partial charge in [-0.3, -0.25) is 9.59 Å². The first-order valence-electron chi connectivity index (χ1n) is 11.7. The van der Waals surface area contributed by atoms with E-state index in [0.29, 0.717) is 36.3 Å². The average molecular weight is 479 g/mol. The van der Waals surface area contributed by atoms with Gasteiger partial charge >= 0.3 is 0 Å². The molecule has 0 saturated heterocycles. The van der Waals surface area contributed by atoms with E-state index in [1.165, 1.54) is 6.07 Å². The molecule has 0 bridgehead atoms. The van der Waals surface area contributed by atoms with Gasteiger partial charge in [0.2, 0.25) is 0 Å². The average Bonchev–Trinajstić information content (AvgIpc) is 3.41. The molecule has 0 radical (unpaired) electrons. The van der Waals surface area contributed by atoms with Crippen molar-refractivity contribution in [1.82, 2.24) is 20.6 Å². The molecule has 0 fully saturated rings. The maximum atomic E-state index is 14.2. The summed E-state index contributed by atoms with van der Waals surface area (Å²) in [5, 5.41) is 16.7. The summed E-state index contributed by atoms with van der Waals surface area (Å²) >= 11 is 0. The molecular weight excluding hydrogens is 447 g/mol. The molecule has 4 rings (SSSR count). The van der Waals surface area contributed by atoms with Gasteiger partial charge in [-0.25, -0.2) is 4.39 Å². The smallest absolute Gasteiger partial charge is 0.267 e. The minimum atomic E-state index is -0.406. The van der Waals surface area contributed by atoms with Crippen LogP contribution in [0.25, 0.3) is 21.8 Å². The second kappa shape index (κ2) is 9.54. The summed E-state index contributed by atoms with van der Waals surface area (Å²) < 4.78 is 14.2. The predicted octanol–water partition coefficient (Wildman–Crippen LogP) is 4.13. The number of aromatic amines is 2. The number of carbonyl (C=O) groups excluding carboxylic acids is 2. The molecule has 5 N–H and O–H groups in total. The van der Waals surface area contributed by atoms with Crippen LogP contribution in [0.2, 0.25) is 0 Å². The third-order valence-corrected chi connectivity index (χ3v) is 6.37. The van der Waals surface area contributed by atoms with Crippen molar-refractivity contribution < 1.29 is 19.1 Å². The van der Waals surface area contributed by atoms with Crippen molar-refractivity contribution in [2.24, 2.45) is 5.41 Å². The fourth-order valence-electron chi connectivity index (χ4n) is 4.23. The number of benzene rings is 2. The number of nitrogens with one attached hydrogen (secondary N) is 4. The third kappa shape index (κ3) is 5.07. The number of halogens is 1. The second-order valence-electron chi connectivity index (χ2n) is 9.84. The molecule has 8 heteroatoms. The van der Waals surface area contributed by atoms with E-state index in [4.69, 9.17) is 0 Å². The van der Waals surface area contributed by atoms with E-state index in [2.05, 4.69) is 20.6 Å². The quantitative estimate of drug-likeness (QED) is 0.263. The lowest BCUT2D eigenvalue weighted by Gasteiger charge is -2.21. The highest BCUT2D eigenvalue weighted by Gasteiger charge is 2.19. The van der Waals surface area contributed by atoms with Gasteiger partial charge < -0.3 is 25.7 Å². The summed E-state index contributed by atoms with van der Waals surface area (Å²) in [5.41, 5.74) is 4.60. The van der Waals surface area contributed by atoms with Crippen LogP contribution in [0.3, 0.4) is 0 Å². The molecular formula is C27H31FN4O3. The summed E-state index contributed by atoms with van der Waals surface area (Å²) in [6, 6.07) is 10.1. The lowest BCUT2D eigenvalue weighted by Crippen LogP contribution is -2.36. The largest absolute Gasteiger partial charge is 0.396 e. The monoisotopic (exact) mass is 478 g/mol. The maximum Gasteiger partial charge on any atom is 0.267 e. The summed E-state index contributed by atoms with van der Waals surface area (Å²) in [7, 11) is 0. The van der Waals surface area contributed by atoms with Gasteiger partial charge in [0.1, 0.15) is 11.5 Å². The number of aliphatic hydroxyl groups excluding tert-OH is 1. The molecule has 0 aliphatic heterocycles. The summed E-state index contributed by atoms with van der Waals surface area (Å²) in [6.07, 6.45) is 0.566. The molecule has 0 atom stereocenters. The van der Waals surface area contributed by atoms with E-state index >= 15 is 0 Å². The number of rotatable bonds is 8. The van der Waals surface area contributed by atoms with Crippen LogP contribution in [-0.4, -0.2) is 46.6 Å². The molecule has 0 unspecified atom stereocenters. The number of aryl methyl sites for hydroxylation is 2. The topological polar surface area (TPSA) is 110 Å². The van der Waals surface area contributed by atoms with E-state index in [1.54, 1.807) is 30.3 Å². The van der Waals surface area contributed by atoms with Gasteiger partial charge in [-0.2, -0.15) is 0 Å². The van der Waals surface area contributed by atoms with Gasteiger partial charge in [0.05, 0.1) is 5.52 Å². The Hall–Kier alpha value is -3.65. The normalized spacial score (nSPS) is 11.8. The zero-order chi connectivity index (χ0) is 25.3. The van der Waals surface area contributed by atoms with Crippen LogP contribution < -0.4 is 10.6 Å². The van der Waals surface area contributed by atoms with Crippen LogP contribution >= 0.6 is 0 Å². The number of H-pyrrole nitrogens is 2. The Morgan fingerprint density at radius 3 is 2.54 bits per heavy atom. The number of hydrogen-bond acceptors (Lipinski definition) is 3. The van der Waals surface area contributed by atoms with Crippen LogP contribution in [0.1, 0.15) is 51.5 Å². The van der Waals surface area contributed by atoms with E-state index < -0.39 is 5.41 Å². The van der Waals surface area contributed by atoms with Crippen molar-refractivity contribution in [3.63, 3.8) is 0 Å². The molecule has 0 saturated carbocycles. The van der Waals surface area contributed by atoms with E-state index in [1.807, 2.05) is 27.7 Å². The van der Waals surface area contributed by atoms with Crippen molar-refractivity contribution in [3.05, 3.63) is 70.3 Å². The van der Waals surface area contributed by atoms with Crippen LogP contribution in [0.5, 0.6) is 0 Å². The van der Waals surface area contributed by atoms with Gasteiger partial charge in [-0.1, -0.05) is 19.9 Å². The molecule has 35 heavy (non-hydrogen) atoms. The highest BCUT2D eigenvalue weighted by molar-refractivity contribution is 6.01. The number of amides is 2. The van der Waals surface area contributed by atoms with Gasteiger partial charge in [0, 0.05) is 52.7 Å². The molecule has 2 aromatic carbocycles. The van der Waals surface area contributed by atoms with Crippen molar-refractivity contribution >= 4 is 33.6 Å². The molecule has 4 aromatic rings. The number of aromatic nitrogens is 2. The summed E-state index contributed by atoms with van der Waals surface area (Å²) in [5.74, 6) is -0.772. The zero-order valence-corrected chi connectivity index (χ0v) is 20.4. The highest BCUT2D eigenvalue weighted by atomic mass is 19.1. The van der Waals surface area contributed by atoms with Crippen molar-refractivity contribution in [2.75, 3.05) is 19.7 Å². The third-order valence-electron chi connectivity index (χ3n) is 6.37. The Balaban J connectivity index is 1.43. The fraction of sp³-hybridized carbons (Fsp3) is 0.333. The lowest BCUT2D eigenvalue weighted by molar-refractivity contribution is 0.0909. The number of carbonyl (C=O) groups is 2. The van der Waals surface area contributed by atoms with E-state index in [9.17, 15) is 19.1 Å². The van der Waals surface area contributed by atoms with Crippen molar-refractivity contribution in [3.8, 4) is 0 Å². The Morgan fingerprint density at radius 2 is 1.80 bits per heavy atom. The van der Waals surface area contributed by atoms with Gasteiger partial charge in [0.25, 0.3) is 11.8 Å². The van der Waals surface area contributed by atoms with Gasteiger partial charge in [-0.05, 0) is 61.7 Å². The molecule has 0 spiro atoms. The zero-order valence-electron chi connectivity index (χ0n) is 20.4.